The van der Waals surface area contributed by atoms with Crippen LogP contribution in [0.3, 0.4) is 0 Å². The highest BCUT2D eigenvalue weighted by molar-refractivity contribution is 5.90. The molecule has 0 unspecified atom stereocenters. The van der Waals surface area contributed by atoms with Crippen LogP contribution in [0.2, 0.25) is 0 Å². The molecule has 2 aromatic heterocycles. The van der Waals surface area contributed by atoms with Crippen LogP contribution in [0.5, 0.6) is 0 Å². The van der Waals surface area contributed by atoms with Gasteiger partial charge in [0.1, 0.15) is 11.9 Å². The van der Waals surface area contributed by atoms with Crippen molar-refractivity contribution in [1.29, 1.82) is 5.26 Å². The van der Waals surface area contributed by atoms with E-state index in [2.05, 4.69) is 40.9 Å². The molecular formula is C16H14N4. The maximum absolute atomic E-state index is 9.32. The van der Waals surface area contributed by atoms with Crippen molar-refractivity contribution in [2.75, 3.05) is 0 Å². The molecule has 4 heteroatoms. The van der Waals surface area contributed by atoms with Gasteiger partial charge in [0.15, 0.2) is 0 Å². The minimum atomic E-state index is 0.513. The van der Waals surface area contributed by atoms with Crippen molar-refractivity contribution in [3.8, 4) is 6.07 Å². The Kier molecular flexibility index (Phi) is 2.88. The molecule has 0 fully saturated rings. The number of hydrogen-bond donors (Lipinski definition) is 2. The van der Waals surface area contributed by atoms with Crippen molar-refractivity contribution in [3.05, 3.63) is 53.1 Å². The van der Waals surface area contributed by atoms with Gasteiger partial charge in [-0.25, -0.2) is 4.98 Å². The van der Waals surface area contributed by atoms with Crippen LogP contribution in [-0.4, -0.2) is 15.0 Å². The Balaban J connectivity index is 2.11. The van der Waals surface area contributed by atoms with E-state index in [9.17, 15) is 5.26 Å². The summed E-state index contributed by atoms with van der Waals surface area (Å²) in [4.78, 5) is 10.8. The lowest BCUT2D eigenvalue weighted by Crippen LogP contribution is -1.84. The number of fused-ring (bicyclic) bond motifs is 1. The SMILES string of the molecule is Cc1cc2nc(/C(C#N)=C/c3ccc[nH]3)[nH]c2cc1C. The first-order valence-corrected chi connectivity index (χ1v) is 6.40. The van der Waals surface area contributed by atoms with Gasteiger partial charge in [-0.3, -0.25) is 0 Å². The molecule has 4 nitrogen and oxygen atoms in total. The Morgan fingerprint density at radius 2 is 2.10 bits per heavy atom. The average molecular weight is 262 g/mol. The lowest BCUT2D eigenvalue weighted by molar-refractivity contribution is 1.27. The molecule has 1 aromatic carbocycles. The number of allylic oxidation sites excluding steroid dienone is 1. The third kappa shape index (κ3) is 2.10. The summed E-state index contributed by atoms with van der Waals surface area (Å²) in [5.74, 6) is 0.599. The van der Waals surface area contributed by atoms with Gasteiger partial charge in [0.25, 0.3) is 0 Å². The summed E-state index contributed by atoms with van der Waals surface area (Å²) < 4.78 is 0. The number of benzene rings is 1. The highest BCUT2D eigenvalue weighted by atomic mass is 14.9. The number of hydrogen-bond acceptors (Lipinski definition) is 2. The van der Waals surface area contributed by atoms with Crippen LogP contribution in [0, 0.1) is 25.2 Å². The summed E-state index contributed by atoms with van der Waals surface area (Å²) in [6.45, 7) is 4.12. The molecule has 3 rings (SSSR count). The predicted molar refractivity (Wildman–Crippen MR) is 79.8 cm³/mol. The Morgan fingerprint density at radius 3 is 2.80 bits per heavy atom. The summed E-state index contributed by atoms with van der Waals surface area (Å²) in [5, 5.41) is 9.32. The second kappa shape index (κ2) is 4.71. The smallest absolute Gasteiger partial charge is 0.149 e. The van der Waals surface area contributed by atoms with Crippen LogP contribution >= 0.6 is 0 Å². The fourth-order valence-electron chi connectivity index (χ4n) is 2.14. The van der Waals surface area contributed by atoms with Gasteiger partial charge in [0.05, 0.1) is 16.6 Å². The fraction of sp³-hybridized carbons (Fsp3) is 0.125. The number of aromatic nitrogens is 3. The van der Waals surface area contributed by atoms with Crippen molar-refractivity contribution >= 4 is 22.7 Å². The number of H-pyrrole nitrogens is 2. The minimum absolute atomic E-state index is 0.513. The Bertz CT molecular complexity index is 790. The zero-order valence-corrected chi connectivity index (χ0v) is 11.4. The lowest BCUT2D eigenvalue weighted by atomic mass is 10.1. The first kappa shape index (κ1) is 12.2. The summed E-state index contributed by atoms with van der Waals surface area (Å²) >= 11 is 0. The van der Waals surface area contributed by atoms with E-state index in [-0.39, 0.29) is 0 Å². The first-order valence-electron chi connectivity index (χ1n) is 6.40. The molecule has 0 spiro atoms. The number of aromatic amines is 2. The summed E-state index contributed by atoms with van der Waals surface area (Å²) in [6, 6.07) is 10.1. The van der Waals surface area contributed by atoms with E-state index in [1.807, 2.05) is 24.4 Å². The maximum atomic E-state index is 9.32. The molecule has 0 atom stereocenters. The number of nitrogens with one attached hydrogen (secondary N) is 2. The zero-order valence-electron chi connectivity index (χ0n) is 11.4. The van der Waals surface area contributed by atoms with Gasteiger partial charge >= 0.3 is 0 Å². The Morgan fingerprint density at radius 1 is 1.30 bits per heavy atom. The van der Waals surface area contributed by atoms with Crippen LogP contribution in [0.25, 0.3) is 22.7 Å². The van der Waals surface area contributed by atoms with Gasteiger partial charge < -0.3 is 9.97 Å². The van der Waals surface area contributed by atoms with E-state index in [1.165, 1.54) is 11.1 Å². The largest absolute Gasteiger partial charge is 0.362 e. The molecule has 0 saturated heterocycles. The molecule has 0 saturated carbocycles. The molecule has 0 radical (unpaired) electrons. The molecule has 98 valence electrons. The van der Waals surface area contributed by atoms with Gasteiger partial charge in [-0.05, 0) is 55.3 Å². The van der Waals surface area contributed by atoms with Crippen LogP contribution in [0.1, 0.15) is 22.6 Å². The van der Waals surface area contributed by atoms with Gasteiger partial charge in [-0.1, -0.05) is 0 Å². The van der Waals surface area contributed by atoms with E-state index in [0.717, 1.165) is 16.7 Å². The molecule has 2 N–H and O–H groups in total. The van der Waals surface area contributed by atoms with E-state index < -0.39 is 0 Å². The first-order chi connectivity index (χ1) is 9.67. The Hall–Kier alpha value is -2.80. The second-order valence-electron chi connectivity index (χ2n) is 4.83. The average Bonchev–Trinajstić information content (AvgIpc) is 3.05. The molecule has 0 aliphatic carbocycles. The van der Waals surface area contributed by atoms with Gasteiger partial charge in [-0.2, -0.15) is 5.26 Å². The number of nitriles is 1. The van der Waals surface area contributed by atoms with Gasteiger partial charge in [0, 0.05) is 11.9 Å². The van der Waals surface area contributed by atoms with Crippen molar-refractivity contribution in [2.24, 2.45) is 0 Å². The molecule has 20 heavy (non-hydrogen) atoms. The van der Waals surface area contributed by atoms with Crippen molar-refractivity contribution in [3.63, 3.8) is 0 Å². The summed E-state index contributed by atoms with van der Waals surface area (Å²) in [5.41, 5.74) is 5.64. The summed E-state index contributed by atoms with van der Waals surface area (Å²) in [6.07, 6.45) is 3.61. The maximum Gasteiger partial charge on any atom is 0.149 e. The van der Waals surface area contributed by atoms with Crippen LogP contribution < -0.4 is 0 Å². The number of aryl methyl sites for hydroxylation is 2. The molecule has 3 aromatic rings. The van der Waals surface area contributed by atoms with E-state index in [4.69, 9.17) is 0 Å². The highest BCUT2D eigenvalue weighted by Crippen LogP contribution is 2.21. The minimum Gasteiger partial charge on any atom is -0.362 e. The highest BCUT2D eigenvalue weighted by Gasteiger charge is 2.09. The van der Waals surface area contributed by atoms with Crippen LogP contribution in [-0.2, 0) is 0 Å². The van der Waals surface area contributed by atoms with Crippen molar-refractivity contribution in [1.82, 2.24) is 15.0 Å². The normalized spacial score (nSPS) is 11.8. The fourth-order valence-corrected chi connectivity index (χ4v) is 2.14. The van der Waals surface area contributed by atoms with Crippen LogP contribution in [0.4, 0.5) is 0 Å². The Labute approximate surface area is 116 Å². The number of imidazole rings is 1. The molecule has 0 aliphatic rings. The monoisotopic (exact) mass is 262 g/mol. The van der Waals surface area contributed by atoms with E-state index >= 15 is 0 Å². The number of rotatable bonds is 2. The predicted octanol–water partition coefficient (Wildman–Crippen LogP) is 3.57. The quantitative estimate of drug-likeness (QED) is 0.693. The van der Waals surface area contributed by atoms with Gasteiger partial charge in [0.2, 0.25) is 0 Å². The van der Waals surface area contributed by atoms with Crippen molar-refractivity contribution in [2.45, 2.75) is 13.8 Å². The molecule has 0 aliphatic heterocycles. The van der Waals surface area contributed by atoms with E-state index in [0.29, 0.717) is 11.4 Å². The molecular weight excluding hydrogens is 248 g/mol. The third-order valence-corrected chi connectivity index (χ3v) is 3.39. The third-order valence-electron chi connectivity index (χ3n) is 3.39. The van der Waals surface area contributed by atoms with Crippen LogP contribution in [0.15, 0.2) is 30.5 Å². The van der Waals surface area contributed by atoms with Gasteiger partial charge in [-0.15, -0.1) is 0 Å². The molecule has 0 amide bonds. The number of nitrogens with zero attached hydrogens (tertiary/aromatic N) is 2. The standard InChI is InChI=1S/C16H14N4/c1-10-6-14-15(7-11(10)2)20-16(19-14)12(9-17)8-13-4-3-5-18-13/h3-8,18H,1-2H3,(H,19,20)/b12-8+. The van der Waals surface area contributed by atoms with Crippen molar-refractivity contribution < 1.29 is 0 Å². The topological polar surface area (TPSA) is 68.3 Å². The lowest BCUT2D eigenvalue weighted by Gasteiger charge is -1.97. The summed E-state index contributed by atoms with van der Waals surface area (Å²) in [7, 11) is 0. The molecule has 0 bridgehead atoms. The molecule has 2 heterocycles. The second-order valence-corrected chi connectivity index (χ2v) is 4.83. The zero-order chi connectivity index (χ0) is 14.1. The van der Waals surface area contributed by atoms with E-state index in [1.54, 1.807) is 6.08 Å².